The number of hydrogen-bond acceptors (Lipinski definition) is 5. The molecule has 27 heavy (non-hydrogen) atoms. The fourth-order valence-corrected chi connectivity index (χ4v) is 2.54. The summed E-state index contributed by atoms with van der Waals surface area (Å²) in [6, 6.07) is 13.4. The highest BCUT2D eigenvalue weighted by molar-refractivity contribution is 5.80. The highest BCUT2D eigenvalue weighted by Crippen LogP contribution is 2.22. The van der Waals surface area contributed by atoms with Gasteiger partial charge in [0.2, 0.25) is 0 Å². The Morgan fingerprint density at radius 2 is 1.63 bits per heavy atom. The maximum atomic E-state index is 11.8. The summed E-state index contributed by atoms with van der Waals surface area (Å²) in [7, 11) is 1.61. The zero-order chi connectivity index (χ0) is 19.6. The van der Waals surface area contributed by atoms with Crippen LogP contribution in [0, 0.1) is 13.8 Å². The van der Waals surface area contributed by atoms with Gasteiger partial charge in [0.05, 0.1) is 7.11 Å². The number of ether oxygens (including phenoxy) is 3. The number of methoxy groups -OCH3 is 1. The molecular weight excluding hydrogens is 346 g/mol. The first kappa shape index (κ1) is 20.3. The van der Waals surface area contributed by atoms with Crippen LogP contribution in [-0.4, -0.2) is 38.7 Å². The Morgan fingerprint density at radius 1 is 0.963 bits per heavy atom. The van der Waals surface area contributed by atoms with E-state index >= 15 is 0 Å². The van der Waals surface area contributed by atoms with Crippen LogP contribution >= 0.6 is 0 Å². The molecule has 0 saturated heterocycles. The van der Waals surface area contributed by atoms with Gasteiger partial charge in [-0.05, 0) is 49.1 Å². The van der Waals surface area contributed by atoms with Crippen molar-refractivity contribution in [3.8, 4) is 11.5 Å². The second-order valence-electron chi connectivity index (χ2n) is 6.12. The monoisotopic (exact) mass is 371 g/mol. The summed E-state index contributed by atoms with van der Waals surface area (Å²) in [5, 5.41) is 2.72. The summed E-state index contributed by atoms with van der Waals surface area (Å²) in [5.41, 5.74) is 2.97. The molecule has 0 aliphatic heterocycles. The van der Waals surface area contributed by atoms with Crippen LogP contribution in [0.3, 0.4) is 0 Å². The molecule has 1 amide bonds. The summed E-state index contributed by atoms with van der Waals surface area (Å²) in [4.78, 5) is 23.5. The van der Waals surface area contributed by atoms with Crippen molar-refractivity contribution in [3.63, 3.8) is 0 Å². The van der Waals surface area contributed by atoms with Crippen LogP contribution in [-0.2, 0) is 20.7 Å². The number of benzene rings is 2. The third kappa shape index (κ3) is 6.66. The predicted molar refractivity (Wildman–Crippen MR) is 102 cm³/mol. The molecule has 6 nitrogen and oxygen atoms in total. The molecule has 0 aromatic heterocycles. The Hall–Kier alpha value is -3.02. The van der Waals surface area contributed by atoms with E-state index in [-0.39, 0.29) is 19.1 Å². The molecule has 0 aliphatic carbocycles. The van der Waals surface area contributed by atoms with Crippen LogP contribution < -0.4 is 14.8 Å². The molecule has 0 unspecified atom stereocenters. The van der Waals surface area contributed by atoms with Gasteiger partial charge >= 0.3 is 5.97 Å². The number of amides is 1. The van der Waals surface area contributed by atoms with Gasteiger partial charge in [0, 0.05) is 6.54 Å². The highest BCUT2D eigenvalue weighted by atomic mass is 16.6. The van der Waals surface area contributed by atoms with Crippen molar-refractivity contribution >= 4 is 11.9 Å². The van der Waals surface area contributed by atoms with Crippen molar-refractivity contribution < 1.29 is 23.8 Å². The van der Waals surface area contributed by atoms with Crippen molar-refractivity contribution in [2.45, 2.75) is 20.3 Å². The SMILES string of the molecule is COc1ccc(CCNC(=O)COC(=O)COc2c(C)cccc2C)cc1. The molecule has 0 aliphatic rings. The predicted octanol–water partition coefficient (Wildman–Crippen LogP) is 2.59. The summed E-state index contributed by atoms with van der Waals surface area (Å²) < 4.78 is 15.5. The first-order valence-corrected chi connectivity index (χ1v) is 8.74. The topological polar surface area (TPSA) is 73.9 Å². The number of para-hydroxylation sites is 1. The van der Waals surface area contributed by atoms with Gasteiger partial charge in [0.1, 0.15) is 11.5 Å². The lowest BCUT2D eigenvalue weighted by molar-refractivity contribution is -0.150. The van der Waals surface area contributed by atoms with E-state index in [1.807, 2.05) is 56.3 Å². The lowest BCUT2D eigenvalue weighted by Crippen LogP contribution is -2.31. The molecule has 2 rings (SSSR count). The minimum atomic E-state index is -0.581. The third-order valence-corrected chi connectivity index (χ3v) is 4.00. The molecule has 0 spiro atoms. The average molecular weight is 371 g/mol. The van der Waals surface area contributed by atoms with Gasteiger partial charge < -0.3 is 19.5 Å². The van der Waals surface area contributed by atoms with Gasteiger partial charge in [0.15, 0.2) is 13.2 Å². The van der Waals surface area contributed by atoms with E-state index in [4.69, 9.17) is 14.2 Å². The largest absolute Gasteiger partial charge is 0.497 e. The second-order valence-corrected chi connectivity index (χ2v) is 6.12. The van der Waals surface area contributed by atoms with Crippen LogP contribution in [0.2, 0.25) is 0 Å². The van der Waals surface area contributed by atoms with E-state index in [9.17, 15) is 9.59 Å². The van der Waals surface area contributed by atoms with Crippen LogP contribution in [0.15, 0.2) is 42.5 Å². The molecule has 2 aromatic rings. The molecule has 2 aromatic carbocycles. The van der Waals surface area contributed by atoms with Gasteiger partial charge in [-0.3, -0.25) is 4.79 Å². The zero-order valence-electron chi connectivity index (χ0n) is 15.9. The van der Waals surface area contributed by atoms with E-state index in [0.29, 0.717) is 18.7 Å². The number of esters is 1. The molecule has 0 atom stereocenters. The van der Waals surface area contributed by atoms with Gasteiger partial charge in [-0.25, -0.2) is 4.79 Å². The molecule has 0 saturated carbocycles. The lowest BCUT2D eigenvalue weighted by atomic mass is 10.1. The van der Waals surface area contributed by atoms with Crippen molar-refractivity contribution in [2.75, 3.05) is 26.9 Å². The number of carbonyl (C=O) groups excluding carboxylic acids is 2. The van der Waals surface area contributed by atoms with Crippen LogP contribution in [0.1, 0.15) is 16.7 Å². The van der Waals surface area contributed by atoms with E-state index in [2.05, 4.69) is 5.32 Å². The quantitative estimate of drug-likeness (QED) is 0.686. The number of aryl methyl sites for hydroxylation is 2. The smallest absolute Gasteiger partial charge is 0.344 e. The molecule has 0 fully saturated rings. The van der Waals surface area contributed by atoms with Gasteiger partial charge in [-0.2, -0.15) is 0 Å². The molecule has 0 radical (unpaired) electrons. The number of rotatable bonds is 9. The minimum Gasteiger partial charge on any atom is -0.497 e. The highest BCUT2D eigenvalue weighted by Gasteiger charge is 2.10. The first-order valence-electron chi connectivity index (χ1n) is 8.74. The van der Waals surface area contributed by atoms with Crippen LogP contribution in [0.25, 0.3) is 0 Å². The molecule has 6 heteroatoms. The Morgan fingerprint density at radius 3 is 2.26 bits per heavy atom. The Labute approximate surface area is 159 Å². The summed E-state index contributed by atoms with van der Waals surface area (Å²) >= 11 is 0. The zero-order valence-corrected chi connectivity index (χ0v) is 15.9. The normalized spacial score (nSPS) is 10.2. The lowest BCUT2D eigenvalue weighted by Gasteiger charge is -2.11. The van der Waals surface area contributed by atoms with Crippen molar-refractivity contribution in [2.24, 2.45) is 0 Å². The van der Waals surface area contributed by atoms with Crippen LogP contribution in [0.4, 0.5) is 0 Å². The van der Waals surface area contributed by atoms with Crippen molar-refractivity contribution in [1.29, 1.82) is 0 Å². The minimum absolute atomic E-state index is 0.231. The average Bonchev–Trinajstić information content (AvgIpc) is 2.66. The van der Waals surface area contributed by atoms with E-state index in [0.717, 1.165) is 22.4 Å². The number of carbonyl (C=O) groups is 2. The maximum Gasteiger partial charge on any atom is 0.344 e. The Kier molecular flexibility index (Phi) is 7.67. The molecule has 0 heterocycles. The van der Waals surface area contributed by atoms with Gasteiger partial charge in [0.25, 0.3) is 5.91 Å². The number of hydrogen-bond donors (Lipinski definition) is 1. The van der Waals surface area contributed by atoms with E-state index < -0.39 is 5.97 Å². The Balaban J connectivity index is 1.65. The van der Waals surface area contributed by atoms with Crippen LogP contribution in [0.5, 0.6) is 11.5 Å². The molecule has 144 valence electrons. The maximum absolute atomic E-state index is 11.8. The van der Waals surface area contributed by atoms with Crippen molar-refractivity contribution in [1.82, 2.24) is 5.32 Å². The molecule has 0 bridgehead atoms. The fourth-order valence-electron chi connectivity index (χ4n) is 2.54. The molecule has 1 N–H and O–H groups in total. The summed E-state index contributed by atoms with van der Waals surface area (Å²) in [5.74, 6) is 0.531. The van der Waals surface area contributed by atoms with Gasteiger partial charge in [-0.15, -0.1) is 0 Å². The molecular formula is C21H25NO5. The fraction of sp³-hybridized carbons (Fsp3) is 0.333. The van der Waals surface area contributed by atoms with Crippen molar-refractivity contribution in [3.05, 3.63) is 59.2 Å². The number of nitrogens with one attached hydrogen (secondary N) is 1. The first-order chi connectivity index (χ1) is 13.0. The standard InChI is InChI=1S/C21H25NO5/c1-15-5-4-6-16(2)21(15)27-14-20(24)26-13-19(23)22-12-11-17-7-9-18(25-3)10-8-17/h4-10H,11-14H2,1-3H3,(H,22,23). The second kappa shape index (κ2) is 10.2. The third-order valence-electron chi connectivity index (χ3n) is 4.00. The van der Waals surface area contributed by atoms with E-state index in [1.54, 1.807) is 7.11 Å². The summed E-state index contributed by atoms with van der Waals surface area (Å²) in [6.45, 7) is 3.72. The van der Waals surface area contributed by atoms with Gasteiger partial charge in [-0.1, -0.05) is 30.3 Å². The Bertz CT molecular complexity index is 750. The summed E-state index contributed by atoms with van der Waals surface area (Å²) in [6.07, 6.45) is 0.680. The van der Waals surface area contributed by atoms with E-state index in [1.165, 1.54) is 0 Å².